The first-order chi connectivity index (χ1) is 10.2. The summed E-state index contributed by atoms with van der Waals surface area (Å²) in [5.41, 5.74) is 1.35. The summed E-state index contributed by atoms with van der Waals surface area (Å²) >= 11 is 0. The number of furan rings is 1. The molecule has 2 heterocycles. The lowest BCUT2D eigenvalue weighted by atomic mass is 10.1. The van der Waals surface area contributed by atoms with Gasteiger partial charge >= 0.3 is 5.97 Å². The smallest absolute Gasteiger partial charge is 0.343 e. The molecular weight excluding hydrogens is 268 g/mol. The molecule has 0 radical (unpaired) electrons. The number of benzene rings is 1. The van der Waals surface area contributed by atoms with Gasteiger partial charge in [0, 0.05) is 0 Å². The maximum absolute atomic E-state index is 11.6. The van der Waals surface area contributed by atoms with E-state index in [1.807, 2.05) is 36.4 Å². The molecule has 0 N–H and O–H groups in total. The molecule has 21 heavy (non-hydrogen) atoms. The van der Waals surface area contributed by atoms with Crippen LogP contribution in [0.3, 0.4) is 0 Å². The third-order valence-electron chi connectivity index (χ3n) is 3.15. The Morgan fingerprint density at radius 2 is 1.95 bits per heavy atom. The molecule has 1 aromatic heterocycles. The third kappa shape index (κ3) is 2.60. The molecule has 0 aliphatic carbocycles. The van der Waals surface area contributed by atoms with Crippen LogP contribution in [0.5, 0.6) is 5.75 Å². The van der Waals surface area contributed by atoms with Crippen LogP contribution in [-0.2, 0) is 9.53 Å². The maximum Gasteiger partial charge on any atom is 0.343 e. The average molecular weight is 282 g/mol. The Morgan fingerprint density at radius 3 is 2.67 bits per heavy atom. The minimum atomic E-state index is -0.359. The van der Waals surface area contributed by atoms with Crippen LogP contribution in [0.2, 0.25) is 0 Å². The lowest BCUT2D eigenvalue weighted by Crippen LogP contribution is -1.95. The van der Waals surface area contributed by atoms with E-state index in [4.69, 9.17) is 13.9 Å². The van der Waals surface area contributed by atoms with Crippen molar-refractivity contribution in [1.29, 1.82) is 0 Å². The molecule has 1 aliphatic heterocycles. The highest BCUT2D eigenvalue weighted by Crippen LogP contribution is 2.31. The highest BCUT2D eigenvalue weighted by molar-refractivity contribution is 5.99. The number of hydrogen-bond acceptors (Lipinski definition) is 4. The Morgan fingerprint density at radius 1 is 1.14 bits per heavy atom. The molecule has 3 rings (SSSR count). The predicted octanol–water partition coefficient (Wildman–Crippen LogP) is 3.80. The molecule has 106 valence electrons. The molecule has 2 aromatic rings. The summed E-state index contributed by atoms with van der Waals surface area (Å²) in [6.45, 7) is 1.74. The van der Waals surface area contributed by atoms with Gasteiger partial charge in [0.15, 0.2) is 0 Å². The van der Waals surface area contributed by atoms with Crippen LogP contribution in [-0.4, -0.2) is 13.1 Å². The number of esters is 1. The Balaban J connectivity index is 1.94. The molecular formula is C17H14O4. The molecule has 0 bridgehead atoms. The summed E-state index contributed by atoms with van der Waals surface area (Å²) in [5, 5.41) is 0. The van der Waals surface area contributed by atoms with Gasteiger partial charge in [0.2, 0.25) is 0 Å². The monoisotopic (exact) mass is 282 g/mol. The molecule has 1 aromatic carbocycles. The first kappa shape index (κ1) is 13.2. The van der Waals surface area contributed by atoms with E-state index >= 15 is 0 Å². The fourth-order valence-corrected chi connectivity index (χ4v) is 2.19. The highest BCUT2D eigenvalue weighted by atomic mass is 16.5. The van der Waals surface area contributed by atoms with Crippen molar-refractivity contribution in [3.63, 3.8) is 0 Å². The van der Waals surface area contributed by atoms with Crippen molar-refractivity contribution in [1.82, 2.24) is 0 Å². The number of para-hydroxylation sites is 1. The molecule has 0 amide bonds. The maximum atomic E-state index is 11.6. The standard InChI is InChI=1S/C17H14O4/c1-11-9-12(17(18)20-11)10-13-7-8-16(21-13)14-5-3-4-6-15(14)19-2/h3-10H,1-2H3/b12-10-. The fourth-order valence-electron chi connectivity index (χ4n) is 2.19. The molecule has 4 nitrogen and oxygen atoms in total. The van der Waals surface area contributed by atoms with Gasteiger partial charge < -0.3 is 13.9 Å². The van der Waals surface area contributed by atoms with E-state index in [2.05, 4.69) is 0 Å². The SMILES string of the molecule is COc1ccccc1-c1ccc(/C=C2/C=C(C)OC2=O)o1. The van der Waals surface area contributed by atoms with E-state index in [0.717, 1.165) is 11.3 Å². The number of rotatable bonds is 3. The number of methoxy groups -OCH3 is 1. The minimum Gasteiger partial charge on any atom is -0.496 e. The summed E-state index contributed by atoms with van der Waals surface area (Å²) < 4.78 is 16.0. The number of cyclic esters (lactones) is 1. The second-order valence-corrected chi connectivity index (χ2v) is 4.65. The molecule has 0 unspecified atom stereocenters. The number of ether oxygens (including phenoxy) is 2. The lowest BCUT2D eigenvalue weighted by molar-refractivity contribution is -0.133. The first-order valence-electron chi connectivity index (χ1n) is 6.53. The van der Waals surface area contributed by atoms with Crippen molar-refractivity contribution < 1.29 is 18.7 Å². The summed E-state index contributed by atoms with van der Waals surface area (Å²) in [7, 11) is 1.62. The molecule has 0 saturated carbocycles. The van der Waals surface area contributed by atoms with Crippen LogP contribution < -0.4 is 4.74 Å². The molecule has 0 atom stereocenters. The topological polar surface area (TPSA) is 48.7 Å². The van der Waals surface area contributed by atoms with E-state index in [9.17, 15) is 4.79 Å². The second kappa shape index (κ2) is 5.32. The third-order valence-corrected chi connectivity index (χ3v) is 3.15. The number of hydrogen-bond donors (Lipinski definition) is 0. The Labute approximate surface area is 122 Å². The largest absolute Gasteiger partial charge is 0.496 e. The van der Waals surface area contributed by atoms with Crippen molar-refractivity contribution in [3.05, 3.63) is 59.6 Å². The van der Waals surface area contributed by atoms with Gasteiger partial charge in [-0.3, -0.25) is 0 Å². The molecule has 0 saturated heterocycles. The van der Waals surface area contributed by atoms with Crippen molar-refractivity contribution >= 4 is 12.0 Å². The van der Waals surface area contributed by atoms with Crippen LogP contribution in [0.15, 0.2) is 58.2 Å². The van der Waals surface area contributed by atoms with Crippen molar-refractivity contribution in [2.45, 2.75) is 6.92 Å². The van der Waals surface area contributed by atoms with Gasteiger partial charge in [-0.25, -0.2) is 4.79 Å². The summed E-state index contributed by atoms with van der Waals surface area (Å²) in [4.78, 5) is 11.6. The average Bonchev–Trinajstić information content (AvgIpc) is 3.06. The molecule has 1 aliphatic rings. The van der Waals surface area contributed by atoms with Gasteiger partial charge in [-0.2, -0.15) is 0 Å². The minimum absolute atomic E-state index is 0.359. The Bertz CT molecular complexity index is 750. The zero-order valence-electron chi connectivity index (χ0n) is 11.8. The summed E-state index contributed by atoms with van der Waals surface area (Å²) in [6.07, 6.45) is 3.35. The van der Waals surface area contributed by atoms with Crippen LogP contribution >= 0.6 is 0 Å². The molecule has 0 fully saturated rings. The van der Waals surface area contributed by atoms with Gasteiger partial charge in [0.25, 0.3) is 0 Å². The normalized spacial score (nSPS) is 16.0. The first-order valence-corrected chi connectivity index (χ1v) is 6.53. The lowest BCUT2D eigenvalue weighted by Gasteiger charge is -2.04. The van der Waals surface area contributed by atoms with Gasteiger partial charge in [-0.15, -0.1) is 0 Å². The highest BCUT2D eigenvalue weighted by Gasteiger charge is 2.18. The van der Waals surface area contributed by atoms with Gasteiger partial charge in [0.05, 0.1) is 18.2 Å². The van der Waals surface area contributed by atoms with Crippen LogP contribution in [0.1, 0.15) is 12.7 Å². The molecule has 0 spiro atoms. The Kier molecular flexibility index (Phi) is 3.36. The number of allylic oxidation sites excluding steroid dienone is 1. The Hall–Kier alpha value is -2.75. The summed E-state index contributed by atoms with van der Waals surface area (Å²) in [6, 6.07) is 11.3. The second-order valence-electron chi connectivity index (χ2n) is 4.65. The van der Waals surface area contributed by atoms with Crippen molar-refractivity contribution in [2.24, 2.45) is 0 Å². The summed E-state index contributed by atoms with van der Waals surface area (Å²) in [5.74, 6) is 2.24. The van der Waals surface area contributed by atoms with Gasteiger partial charge in [0.1, 0.15) is 23.0 Å². The predicted molar refractivity (Wildman–Crippen MR) is 78.5 cm³/mol. The quantitative estimate of drug-likeness (QED) is 0.634. The van der Waals surface area contributed by atoms with E-state index in [1.54, 1.807) is 26.2 Å². The van der Waals surface area contributed by atoms with Crippen LogP contribution in [0.25, 0.3) is 17.4 Å². The molecule has 4 heteroatoms. The van der Waals surface area contributed by atoms with Crippen molar-refractivity contribution in [2.75, 3.05) is 7.11 Å². The zero-order valence-corrected chi connectivity index (χ0v) is 11.8. The van der Waals surface area contributed by atoms with Crippen molar-refractivity contribution in [3.8, 4) is 17.1 Å². The number of carbonyl (C=O) groups excluding carboxylic acids is 1. The van der Waals surface area contributed by atoms with E-state index in [-0.39, 0.29) is 5.97 Å². The van der Waals surface area contributed by atoms with E-state index < -0.39 is 0 Å². The van der Waals surface area contributed by atoms with E-state index in [0.29, 0.717) is 22.9 Å². The fraction of sp³-hybridized carbons (Fsp3) is 0.118. The number of carbonyl (C=O) groups is 1. The van der Waals surface area contributed by atoms with E-state index in [1.165, 1.54) is 0 Å². The van der Waals surface area contributed by atoms with Crippen LogP contribution in [0.4, 0.5) is 0 Å². The zero-order chi connectivity index (χ0) is 14.8. The van der Waals surface area contributed by atoms with Crippen LogP contribution in [0, 0.1) is 0 Å². The van der Waals surface area contributed by atoms with Gasteiger partial charge in [-0.1, -0.05) is 12.1 Å². The van der Waals surface area contributed by atoms with Gasteiger partial charge in [-0.05, 0) is 43.3 Å².